The molecular weight excluding hydrogens is 1350 g/mol. The maximum absolute atomic E-state index is 14.6. The van der Waals surface area contributed by atoms with Crippen LogP contribution in [0.4, 0.5) is 22.9 Å². The Bertz CT molecular complexity index is 4100. The average molecular weight is 1440 g/mol. The van der Waals surface area contributed by atoms with Crippen LogP contribution in [0.3, 0.4) is 0 Å². The lowest BCUT2D eigenvalue weighted by atomic mass is 9.76. The van der Waals surface area contributed by atoms with Gasteiger partial charge in [0.1, 0.15) is 35.4 Å². The summed E-state index contributed by atoms with van der Waals surface area (Å²) in [5, 5.41) is 34.9. The van der Waals surface area contributed by atoms with Crippen molar-refractivity contribution in [1.82, 2.24) is 15.1 Å². The molecule has 3 amide bonds. The number of hydrazone groups is 1. The Kier molecular flexibility index (Phi) is 24.9. The van der Waals surface area contributed by atoms with Crippen molar-refractivity contribution in [1.29, 1.82) is 0 Å². The summed E-state index contributed by atoms with van der Waals surface area (Å²) in [5.74, 6) is -0.489. The van der Waals surface area contributed by atoms with E-state index in [1.807, 2.05) is 32.0 Å². The van der Waals surface area contributed by atoms with Gasteiger partial charge in [0, 0.05) is 50.6 Å². The highest BCUT2D eigenvalue weighted by Crippen LogP contribution is 2.44. The monoisotopic (exact) mass is 1440 g/mol. The Morgan fingerprint density at radius 3 is 1.71 bits per heavy atom. The van der Waals surface area contributed by atoms with Gasteiger partial charge in [-0.3, -0.25) is 14.4 Å². The molecule has 5 N–H and O–H groups in total. The second-order valence-corrected chi connectivity index (χ2v) is 28.8. The van der Waals surface area contributed by atoms with E-state index in [9.17, 15) is 19.5 Å². The molecule has 97 heavy (non-hydrogen) atoms. The average Bonchev–Trinajstić information content (AvgIpc) is 1.74. The molecule has 16 nitrogen and oxygen atoms in total. The van der Waals surface area contributed by atoms with Gasteiger partial charge >= 0.3 is 0 Å². The van der Waals surface area contributed by atoms with E-state index >= 15 is 0 Å². The van der Waals surface area contributed by atoms with Crippen molar-refractivity contribution in [2.24, 2.45) is 5.10 Å². The maximum atomic E-state index is 14.6. The Hall–Kier alpha value is -7.41. The standard InChI is InChI=1S/C75H86Cl6N8O8/c1-15-60(96-61-32-30-45(72(7,8)17-3)35-54(61)74(11,12)19-5)69(91)84-50-26-21-24-44(34-50)68(90)85-67-53(71(93)89(87-67)65-58(80)39-48(77)40-59(65)81)29-23-28-52-66(86-88(70(52)92)64-56(78)37-47(76)38-57(64)79)83-43-94-51-27-22-25-49(41-51)82-42-95-63(16-2)97-62-33-31-46(73(9,10)18-4)36-55(62)75(13,14)20-6/h21-41,60,63,82,92H,15-20,42-43H2,1-14H3,(H,83,86)(H,84,91)(H,85,87,90)/b28-23+,53-29-. The summed E-state index contributed by atoms with van der Waals surface area (Å²) < 4.78 is 26.7. The van der Waals surface area contributed by atoms with Crippen molar-refractivity contribution < 1.29 is 38.4 Å². The Morgan fingerprint density at radius 1 is 0.608 bits per heavy atom. The minimum absolute atomic E-state index is 0.00529. The molecule has 1 aliphatic rings. The van der Waals surface area contributed by atoms with E-state index < -0.39 is 36.0 Å². The topological polar surface area (TPSA) is 190 Å². The number of allylic oxidation sites excluding steroid dienone is 2. The number of hydrogen-bond acceptors (Lipinski definition) is 12. The number of ether oxygens (including phenoxy) is 4. The van der Waals surface area contributed by atoms with Gasteiger partial charge in [-0.15, -0.1) is 10.2 Å². The highest BCUT2D eigenvalue weighted by atomic mass is 35.5. The largest absolute Gasteiger partial charge is 0.493 e. The summed E-state index contributed by atoms with van der Waals surface area (Å²) in [7, 11) is 0. The number of carbonyl (C=O) groups excluding carboxylic acids is 3. The van der Waals surface area contributed by atoms with Crippen molar-refractivity contribution in [3.8, 4) is 28.8 Å². The van der Waals surface area contributed by atoms with E-state index in [-0.39, 0.29) is 105 Å². The molecule has 0 fully saturated rings. The van der Waals surface area contributed by atoms with Crippen LogP contribution in [-0.4, -0.2) is 64.3 Å². The lowest BCUT2D eigenvalue weighted by Gasteiger charge is -2.31. The first kappa shape index (κ1) is 75.4. The van der Waals surface area contributed by atoms with Crippen LogP contribution in [0.2, 0.25) is 30.1 Å². The molecule has 0 bridgehead atoms. The zero-order chi connectivity index (χ0) is 70.9. The molecule has 22 heteroatoms. The smallest absolute Gasteiger partial charge is 0.282 e. The first-order valence-electron chi connectivity index (χ1n) is 32.5. The molecular formula is C75H86Cl6N8O8. The lowest BCUT2D eigenvalue weighted by Crippen LogP contribution is -2.34. The van der Waals surface area contributed by atoms with E-state index in [0.717, 1.165) is 52.3 Å². The van der Waals surface area contributed by atoms with E-state index in [0.29, 0.717) is 35.7 Å². The minimum Gasteiger partial charge on any atom is -0.493 e. The third kappa shape index (κ3) is 17.9. The summed E-state index contributed by atoms with van der Waals surface area (Å²) in [6, 6.07) is 32.0. The number of amidine groups is 1. The van der Waals surface area contributed by atoms with Crippen molar-refractivity contribution in [3.05, 3.63) is 190 Å². The van der Waals surface area contributed by atoms with E-state index in [1.54, 1.807) is 30.3 Å². The van der Waals surface area contributed by atoms with Crippen molar-refractivity contribution >= 4 is 122 Å². The maximum Gasteiger partial charge on any atom is 0.282 e. The van der Waals surface area contributed by atoms with Crippen LogP contribution in [0.15, 0.2) is 132 Å². The fraction of sp³-hybridized carbons (Fsp3) is 0.373. The number of anilines is 4. The van der Waals surface area contributed by atoms with Crippen LogP contribution in [0.5, 0.6) is 23.1 Å². The molecule has 8 rings (SSSR count). The second-order valence-electron chi connectivity index (χ2n) is 26.3. The molecule has 516 valence electrons. The number of nitrogens with zero attached hydrogens (tertiary/aromatic N) is 4. The number of hydrogen-bond donors (Lipinski definition) is 5. The third-order valence-electron chi connectivity index (χ3n) is 18.2. The summed E-state index contributed by atoms with van der Waals surface area (Å²) >= 11 is 39.3. The van der Waals surface area contributed by atoms with Crippen LogP contribution >= 0.6 is 69.6 Å². The summed E-state index contributed by atoms with van der Waals surface area (Å²) in [4.78, 5) is 43.1. The summed E-state index contributed by atoms with van der Waals surface area (Å²) in [5.41, 5.74) is 5.39. The Morgan fingerprint density at radius 2 is 1.15 bits per heavy atom. The first-order chi connectivity index (χ1) is 45.9. The number of nitrogens with one attached hydrogen (secondary N) is 4. The van der Waals surface area contributed by atoms with Crippen molar-refractivity contribution in [3.63, 3.8) is 0 Å². The third-order valence-corrected chi connectivity index (χ3v) is 19.8. The van der Waals surface area contributed by atoms with E-state index in [1.165, 1.54) is 59.7 Å². The van der Waals surface area contributed by atoms with Gasteiger partial charge in [0.25, 0.3) is 17.7 Å². The quantitative estimate of drug-likeness (QED) is 0.0222. The molecule has 0 saturated heterocycles. The molecule has 0 saturated carbocycles. The number of rotatable bonds is 29. The molecule has 2 atom stereocenters. The molecule has 1 aliphatic heterocycles. The Balaban J connectivity index is 1.02. The van der Waals surface area contributed by atoms with Crippen LogP contribution < -0.4 is 40.5 Å². The minimum atomic E-state index is -0.879. The summed E-state index contributed by atoms with van der Waals surface area (Å²) in [6.45, 7) is 30.3. The first-order valence-corrected chi connectivity index (χ1v) is 34.8. The normalized spacial score (nSPS) is 14.0. The van der Waals surface area contributed by atoms with Gasteiger partial charge < -0.3 is 45.3 Å². The van der Waals surface area contributed by atoms with E-state index in [2.05, 4.69) is 145 Å². The molecule has 6 aromatic carbocycles. The van der Waals surface area contributed by atoms with Crippen LogP contribution in [0.25, 0.3) is 11.8 Å². The van der Waals surface area contributed by atoms with Gasteiger partial charge in [-0.1, -0.05) is 209 Å². The number of benzene rings is 6. The van der Waals surface area contributed by atoms with Crippen LogP contribution in [-0.2, 0) is 36.0 Å². The number of aromatic hydroxyl groups is 1. The van der Waals surface area contributed by atoms with Gasteiger partial charge in [-0.25, -0.2) is 0 Å². The molecule has 2 unspecified atom stereocenters. The second kappa shape index (κ2) is 32.1. The molecule has 0 radical (unpaired) electrons. The predicted molar refractivity (Wildman–Crippen MR) is 397 cm³/mol. The lowest BCUT2D eigenvalue weighted by molar-refractivity contribution is -0.123. The molecule has 2 heterocycles. The van der Waals surface area contributed by atoms with Crippen LogP contribution in [0.1, 0.15) is 174 Å². The van der Waals surface area contributed by atoms with Gasteiger partial charge in [0.2, 0.25) is 12.2 Å². The zero-order valence-corrected chi connectivity index (χ0v) is 61.8. The number of aromatic nitrogens is 2. The van der Waals surface area contributed by atoms with Gasteiger partial charge in [-0.2, -0.15) is 9.69 Å². The zero-order valence-electron chi connectivity index (χ0n) is 57.3. The SMILES string of the molecule is CCC(OCNc1cccc(OCNc2nn(-c3c(Cl)cc(Cl)cc3Cl)c(O)c2/C=C/C=C2\C(=O)N(c3c(Cl)cc(Cl)cc3Cl)N=C2NC(=O)c2cccc(NC(=O)C(CC)Oc3ccc(C(C)(C)CC)cc3C(C)(C)CC)c2)c1)Oc1ccc(C(C)(C)CC)cc1C(C)(C)CC. The number of carbonyl (C=O) groups is 3. The van der Waals surface area contributed by atoms with Gasteiger partial charge in [-0.05, 0) is 144 Å². The number of halogens is 6. The highest BCUT2D eigenvalue weighted by molar-refractivity contribution is 6.44. The van der Waals surface area contributed by atoms with Gasteiger partial charge in [0.15, 0.2) is 24.5 Å². The predicted octanol–water partition coefficient (Wildman–Crippen LogP) is 20.4. The Labute approximate surface area is 600 Å². The number of amides is 3. The van der Waals surface area contributed by atoms with Crippen molar-refractivity contribution in [2.45, 2.75) is 170 Å². The van der Waals surface area contributed by atoms with E-state index in [4.69, 9.17) is 88.6 Å². The summed E-state index contributed by atoms with van der Waals surface area (Å²) in [6.07, 6.45) is 7.55. The van der Waals surface area contributed by atoms with Crippen LogP contribution in [0, 0.1) is 0 Å². The fourth-order valence-corrected chi connectivity index (χ4v) is 12.4. The van der Waals surface area contributed by atoms with Gasteiger partial charge in [0.05, 0.1) is 31.2 Å². The molecule has 7 aromatic rings. The highest BCUT2D eigenvalue weighted by Gasteiger charge is 2.36. The fourth-order valence-electron chi connectivity index (χ4n) is 10.4. The van der Waals surface area contributed by atoms with Crippen molar-refractivity contribution in [2.75, 3.05) is 34.4 Å². The molecule has 1 aromatic heterocycles. The molecule has 0 aliphatic carbocycles. The molecule has 0 spiro atoms.